The third kappa shape index (κ3) is 4.30. The van der Waals surface area contributed by atoms with Crippen LogP contribution in [0.25, 0.3) is 0 Å². The lowest BCUT2D eigenvalue weighted by atomic mass is 9.93. The first-order valence-electron chi connectivity index (χ1n) is 7.50. The summed E-state index contributed by atoms with van der Waals surface area (Å²) in [6.45, 7) is 12.9. The Labute approximate surface area is 124 Å². The minimum absolute atomic E-state index is 0.0223. The molecule has 0 N–H and O–H groups in total. The van der Waals surface area contributed by atoms with Gasteiger partial charge in [-0.05, 0) is 38.0 Å². The Morgan fingerprint density at radius 2 is 1.90 bits per heavy atom. The summed E-state index contributed by atoms with van der Waals surface area (Å²) in [7, 11) is 1.86. The first-order valence-corrected chi connectivity index (χ1v) is 10.4. The summed E-state index contributed by atoms with van der Waals surface area (Å²) in [5.74, 6) is -0.0604. The van der Waals surface area contributed by atoms with Gasteiger partial charge < -0.3 is 14.1 Å². The maximum absolute atomic E-state index is 11.6. The molecule has 0 radical (unpaired) electrons. The molecular weight excluding hydrogens is 270 g/mol. The molecule has 0 aromatic rings. The van der Waals surface area contributed by atoms with Gasteiger partial charge >= 0.3 is 5.97 Å². The van der Waals surface area contributed by atoms with Crippen LogP contribution in [-0.4, -0.2) is 52.5 Å². The second-order valence-corrected chi connectivity index (χ2v) is 12.3. The van der Waals surface area contributed by atoms with Gasteiger partial charge in [-0.1, -0.05) is 20.8 Å². The van der Waals surface area contributed by atoms with E-state index >= 15 is 0 Å². The largest absolute Gasteiger partial charge is 0.469 e. The average Bonchev–Trinajstić information content (AvgIpc) is 2.35. The molecular formula is C15H31NO3Si. The van der Waals surface area contributed by atoms with Crippen LogP contribution in [0.2, 0.25) is 18.1 Å². The molecule has 1 aliphatic heterocycles. The van der Waals surface area contributed by atoms with Crippen molar-refractivity contribution in [1.82, 2.24) is 4.90 Å². The number of methoxy groups -OCH3 is 1. The highest BCUT2D eigenvalue weighted by Gasteiger charge is 2.38. The van der Waals surface area contributed by atoms with Gasteiger partial charge in [-0.3, -0.25) is 4.79 Å². The molecule has 4 nitrogen and oxygen atoms in total. The molecule has 1 aliphatic rings. The van der Waals surface area contributed by atoms with Crippen LogP contribution in [0.3, 0.4) is 0 Å². The minimum atomic E-state index is -1.68. The van der Waals surface area contributed by atoms with E-state index in [1.165, 1.54) is 7.11 Å². The molecule has 5 heteroatoms. The van der Waals surface area contributed by atoms with Crippen LogP contribution < -0.4 is 0 Å². The van der Waals surface area contributed by atoms with Gasteiger partial charge in [0.1, 0.15) is 0 Å². The van der Waals surface area contributed by atoms with Crippen LogP contribution in [0.4, 0.5) is 0 Å². The first kappa shape index (κ1) is 17.7. The molecule has 20 heavy (non-hydrogen) atoms. The number of piperidine rings is 1. The van der Waals surface area contributed by atoms with Gasteiger partial charge in [-0.2, -0.15) is 0 Å². The van der Waals surface area contributed by atoms with Gasteiger partial charge in [0.05, 0.1) is 13.0 Å². The van der Waals surface area contributed by atoms with Crippen molar-refractivity contribution < 1.29 is 14.0 Å². The van der Waals surface area contributed by atoms with E-state index in [0.717, 1.165) is 26.0 Å². The zero-order chi connectivity index (χ0) is 15.6. The van der Waals surface area contributed by atoms with Gasteiger partial charge in [0.15, 0.2) is 8.32 Å². The Hall–Kier alpha value is -0.393. The van der Waals surface area contributed by atoms with Gasteiger partial charge in [0.25, 0.3) is 0 Å². The lowest BCUT2D eigenvalue weighted by Gasteiger charge is -2.41. The maximum atomic E-state index is 11.6. The fourth-order valence-corrected chi connectivity index (χ4v) is 3.33. The van der Waals surface area contributed by atoms with E-state index in [1.54, 1.807) is 0 Å². The van der Waals surface area contributed by atoms with Crippen LogP contribution in [0, 0.1) is 5.92 Å². The van der Waals surface area contributed by atoms with Gasteiger partial charge in [0.2, 0.25) is 0 Å². The quantitative estimate of drug-likeness (QED) is 0.591. The Kier molecular flexibility index (Phi) is 5.81. The molecule has 118 valence electrons. The number of carbonyl (C=O) groups excluding carboxylic acids is 1. The molecule has 1 heterocycles. The summed E-state index contributed by atoms with van der Waals surface area (Å²) in [5, 5.41) is 0.245. The van der Waals surface area contributed by atoms with Crippen LogP contribution >= 0.6 is 0 Å². The molecule has 1 saturated heterocycles. The lowest BCUT2D eigenvalue weighted by molar-refractivity contribution is -0.147. The molecule has 0 saturated carbocycles. The molecule has 0 spiro atoms. The normalized spacial score (nSPS) is 25.6. The van der Waals surface area contributed by atoms with Crippen molar-refractivity contribution in [3.05, 3.63) is 0 Å². The van der Waals surface area contributed by atoms with Crippen molar-refractivity contribution in [2.75, 3.05) is 27.3 Å². The van der Waals surface area contributed by atoms with E-state index < -0.39 is 8.32 Å². The summed E-state index contributed by atoms with van der Waals surface area (Å²) < 4.78 is 11.1. The van der Waals surface area contributed by atoms with Gasteiger partial charge in [-0.15, -0.1) is 0 Å². The lowest BCUT2D eigenvalue weighted by Crippen LogP contribution is -2.49. The highest BCUT2D eigenvalue weighted by atomic mass is 28.4. The topological polar surface area (TPSA) is 38.8 Å². The average molecular weight is 302 g/mol. The molecule has 2 unspecified atom stereocenters. The fourth-order valence-electron chi connectivity index (χ4n) is 2.29. The van der Waals surface area contributed by atoms with E-state index in [1.807, 2.05) is 0 Å². The third-order valence-corrected chi connectivity index (χ3v) is 9.46. The molecule has 0 bridgehead atoms. The predicted molar refractivity (Wildman–Crippen MR) is 84.3 cm³/mol. The van der Waals surface area contributed by atoms with Gasteiger partial charge in [-0.25, -0.2) is 0 Å². The molecule has 1 fully saturated rings. The monoisotopic (exact) mass is 301 g/mol. The summed E-state index contributed by atoms with van der Waals surface area (Å²) in [6.07, 6.45) is 1.91. The second-order valence-electron chi connectivity index (χ2n) is 7.46. The number of esters is 1. The van der Waals surface area contributed by atoms with Crippen LogP contribution in [0.1, 0.15) is 33.6 Å². The second kappa shape index (κ2) is 6.58. The number of carbonyl (C=O) groups is 1. The number of likely N-dealkylation sites (tertiary alicyclic amines) is 1. The summed E-state index contributed by atoms with van der Waals surface area (Å²) >= 11 is 0. The van der Waals surface area contributed by atoms with Crippen molar-refractivity contribution >= 4 is 14.3 Å². The Morgan fingerprint density at radius 3 is 2.35 bits per heavy atom. The van der Waals surface area contributed by atoms with E-state index in [0.29, 0.717) is 6.04 Å². The van der Waals surface area contributed by atoms with Crippen molar-refractivity contribution in [3.63, 3.8) is 0 Å². The zero-order valence-corrected chi connectivity index (χ0v) is 15.2. The maximum Gasteiger partial charge on any atom is 0.309 e. The number of likely N-dealkylation sites (N-methyl/N-ethyl adjacent to an activating group) is 1. The van der Waals surface area contributed by atoms with Crippen LogP contribution in [0.15, 0.2) is 0 Å². The highest BCUT2D eigenvalue weighted by Crippen LogP contribution is 2.37. The highest BCUT2D eigenvalue weighted by molar-refractivity contribution is 6.74. The van der Waals surface area contributed by atoms with Gasteiger partial charge in [0, 0.05) is 19.2 Å². The zero-order valence-electron chi connectivity index (χ0n) is 14.2. The fraction of sp³-hybridized carbons (Fsp3) is 0.933. The summed E-state index contributed by atoms with van der Waals surface area (Å²) in [6, 6.07) is 0.421. The number of ether oxygens (including phenoxy) is 1. The molecule has 0 aromatic heterocycles. The molecule has 0 aliphatic carbocycles. The van der Waals surface area contributed by atoms with E-state index in [4.69, 9.17) is 9.16 Å². The number of nitrogens with zero attached hydrogens (tertiary/aromatic N) is 1. The standard InChI is InChI=1S/C15H31NO3Si/c1-15(2,3)20(6,7)19-11-13-9-8-12(10-16(13)4)14(17)18-5/h12-13H,8-11H2,1-7H3. The predicted octanol–water partition coefficient (Wildman–Crippen LogP) is 2.89. The van der Waals surface area contributed by atoms with Crippen LogP contribution in [0.5, 0.6) is 0 Å². The SMILES string of the molecule is COC(=O)C1CCC(CO[Si](C)(C)C(C)(C)C)N(C)C1. The van der Waals surface area contributed by atoms with E-state index in [2.05, 4.69) is 45.8 Å². The first-order chi connectivity index (χ1) is 9.08. The Balaban J connectivity index is 2.50. The van der Waals surface area contributed by atoms with E-state index in [9.17, 15) is 4.79 Å². The summed E-state index contributed by atoms with van der Waals surface area (Å²) in [5.41, 5.74) is 0. The molecule has 2 atom stereocenters. The van der Waals surface area contributed by atoms with Crippen LogP contribution in [-0.2, 0) is 14.0 Å². The van der Waals surface area contributed by atoms with Crippen molar-refractivity contribution in [3.8, 4) is 0 Å². The Morgan fingerprint density at radius 1 is 1.30 bits per heavy atom. The number of hydrogen-bond acceptors (Lipinski definition) is 4. The van der Waals surface area contributed by atoms with Crippen molar-refractivity contribution in [1.29, 1.82) is 0 Å². The van der Waals surface area contributed by atoms with Crippen molar-refractivity contribution in [2.24, 2.45) is 5.92 Å². The number of rotatable bonds is 4. The molecule has 1 rings (SSSR count). The molecule has 0 aromatic carbocycles. The molecule has 0 amide bonds. The minimum Gasteiger partial charge on any atom is -0.469 e. The van der Waals surface area contributed by atoms with Crippen molar-refractivity contribution in [2.45, 2.75) is 57.8 Å². The number of hydrogen-bond donors (Lipinski definition) is 0. The van der Waals surface area contributed by atoms with E-state index in [-0.39, 0.29) is 16.9 Å². The third-order valence-electron chi connectivity index (χ3n) is 4.96. The smallest absolute Gasteiger partial charge is 0.309 e. The Bertz CT molecular complexity index is 339. The summed E-state index contributed by atoms with van der Waals surface area (Å²) in [4.78, 5) is 13.8.